The van der Waals surface area contributed by atoms with Gasteiger partial charge in [0.1, 0.15) is 0 Å². The minimum Gasteiger partial charge on any atom is -0.308 e. The normalized spacial score (nSPS) is 16.9. The van der Waals surface area contributed by atoms with E-state index >= 15 is 0 Å². The van der Waals surface area contributed by atoms with Crippen LogP contribution in [0.4, 0.5) is 5.69 Å². The summed E-state index contributed by atoms with van der Waals surface area (Å²) in [5.74, 6) is -0.211. The lowest BCUT2D eigenvalue weighted by Crippen LogP contribution is -2.44. The Morgan fingerprint density at radius 3 is 2.60 bits per heavy atom. The van der Waals surface area contributed by atoms with Gasteiger partial charge in [0.25, 0.3) is 0 Å². The Hall–Kier alpha value is -2.25. The first-order valence-corrected chi connectivity index (χ1v) is 9.95. The van der Waals surface area contributed by atoms with Gasteiger partial charge in [0.15, 0.2) is 0 Å². The van der Waals surface area contributed by atoms with Crippen LogP contribution in [0.5, 0.6) is 0 Å². The third-order valence-electron chi connectivity index (χ3n) is 4.36. The Morgan fingerprint density at radius 1 is 1.24 bits per heavy atom. The van der Waals surface area contributed by atoms with Crippen molar-refractivity contribution in [2.24, 2.45) is 0 Å². The van der Waals surface area contributed by atoms with Crippen LogP contribution in [0.25, 0.3) is 0 Å². The molecule has 1 atom stereocenters. The molecule has 1 aliphatic rings. The van der Waals surface area contributed by atoms with Crippen LogP contribution in [0.1, 0.15) is 18.1 Å². The van der Waals surface area contributed by atoms with E-state index in [1.807, 2.05) is 31.2 Å². The van der Waals surface area contributed by atoms with Gasteiger partial charge >= 0.3 is 0 Å². The molecule has 6 nitrogen and oxygen atoms in total. The number of carbonyl (C=O) groups is 1. The molecule has 2 aromatic rings. The predicted molar refractivity (Wildman–Crippen MR) is 96.6 cm³/mol. The van der Waals surface area contributed by atoms with E-state index in [1.165, 1.54) is 4.31 Å². The number of hydrogen-bond donors (Lipinski definition) is 0. The minimum absolute atomic E-state index is 0.0206. The van der Waals surface area contributed by atoms with Gasteiger partial charge in [-0.15, -0.1) is 0 Å². The third-order valence-corrected chi connectivity index (χ3v) is 5.56. The van der Waals surface area contributed by atoms with E-state index in [9.17, 15) is 13.2 Å². The van der Waals surface area contributed by atoms with Crippen LogP contribution in [0.3, 0.4) is 0 Å². The molecule has 7 heteroatoms. The summed E-state index contributed by atoms with van der Waals surface area (Å²) in [5, 5.41) is 0. The molecule has 0 saturated carbocycles. The fourth-order valence-electron chi connectivity index (χ4n) is 3.15. The van der Waals surface area contributed by atoms with E-state index in [0.29, 0.717) is 0 Å². The Kier molecular flexibility index (Phi) is 4.87. The smallest absolute Gasteiger partial charge is 0.242 e. The van der Waals surface area contributed by atoms with Crippen molar-refractivity contribution in [3.63, 3.8) is 0 Å². The van der Waals surface area contributed by atoms with Crippen molar-refractivity contribution in [2.75, 3.05) is 17.7 Å². The molecule has 0 fully saturated rings. The summed E-state index contributed by atoms with van der Waals surface area (Å²) in [4.78, 5) is 18.5. The van der Waals surface area contributed by atoms with Gasteiger partial charge in [-0.1, -0.05) is 18.2 Å². The average molecular weight is 359 g/mol. The summed E-state index contributed by atoms with van der Waals surface area (Å²) < 4.78 is 25.5. The summed E-state index contributed by atoms with van der Waals surface area (Å²) in [6.07, 6.45) is 5.13. The largest absolute Gasteiger partial charge is 0.308 e. The lowest BCUT2D eigenvalue weighted by molar-refractivity contribution is -0.119. The van der Waals surface area contributed by atoms with Gasteiger partial charge in [0.2, 0.25) is 15.9 Å². The van der Waals surface area contributed by atoms with Crippen molar-refractivity contribution in [1.82, 2.24) is 9.29 Å². The number of pyridine rings is 1. The van der Waals surface area contributed by atoms with E-state index in [-0.39, 0.29) is 25.0 Å². The number of nitrogens with zero attached hydrogens (tertiary/aromatic N) is 3. The molecule has 1 aromatic carbocycles. The standard InChI is InChI=1S/C18H21N3O3S/c1-14-11-16-5-3-4-6-17(16)21(14)18(22)13-20(25(2,23)24)12-15-7-9-19-10-8-15/h3-10,14H,11-13H2,1-2H3. The number of hydrogen-bond acceptors (Lipinski definition) is 4. The van der Waals surface area contributed by atoms with Crippen molar-refractivity contribution < 1.29 is 13.2 Å². The van der Waals surface area contributed by atoms with Gasteiger partial charge in [-0.05, 0) is 42.7 Å². The molecule has 3 rings (SSSR count). The van der Waals surface area contributed by atoms with E-state index in [0.717, 1.165) is 29.5 Å². The molecule has 0 saturated heterocycles. The summed E-state index contributed by atoms with van der Waals surface area (Å²) in [6, 6.07) is 11.3. The number of carbonyl (C=O) groups excluding carboxylic acids is 1. The van der Waals surface area contributed by atoms with Crippen LogP contribution in [0.2, 0.25) is 0 Å². The zero-order valence-corrected chi connectivity index (χ0v) is 15.1. The highest BCUT2D eigenvalue weighted by molar-refractivity contribution is 7.88. The zero-order chi connectivity index (χ0) is 18.0. The first kappa shape index (κ1) is 17.6. The molecular weight excluding hydrogens is 338 g/mol. The van der Waals surface area contributed by atoms with Crippen molar-refractivity contribution >= 4 is 21.6 Å². The van der Waals surface area contributed by atoms with Gasteiger partial charge in [-0.2, -0.15) is 4.31 Å². The fourth-order valence-corrected chi connectivity index (χ4v) is 3.88. The maximum Gasteiger partial charge on any atom is 0.242 e. The lowest BCUT2D eigenvalue weighted by Gasteiger charge is -2.26. The molecule has 1 aromatic heterocycles. The maximum atomic E-state index is 12.9. The quantitative estimate of drug-likeness (QED) is 0.816. The molecule has 1 amide bonds. The molecule has 2 heterocycles. The number of rotatable bonds is 5. The van der Waals surface area contributed by atoms with E-state index in [2.05, 4.69) is 4.98 Å². The summed E-state index contributed by atoms with van der Waals surface area (Å²) in [5.41, 5.74) is 2.78. The minimum atomic E-state index is -3.52. The number of anilines is 1. The number of amides is 1. The monoisotopic (exact) mass is 359 g/mol. The van der Waals surface area contributed by atoms with Crippen LogP contribution >= 0.6 is 0 Å². The number of sulfonamides is 1. The second kappa shape index (κ2) is 6.93. The van der Waals surface area contributed by atoms with Crippen molar-refractivity contribution in [1.29, 1.82) is 0 Å². The second-order valence-electron chi connectivity index (χ2n) is 6.33. The molecule has 0 spiro atoms. The first-order valence-electron chi connectivity index (χ1n) is 8.10. The molecule has 0 bridgehead atoms. The van der Waals surface area contributed by atoms with Crippen LogP contribution < -0.4 is 4.90 Å². The van der Waals surface area contributed by atoms with Gasteiger partial charge < -0.3 is 4.90 Å². The molecule has 0 aliphatic carbocycles. The second-order valence-corrected chi connectivity index (χ2v) is 8.31. The van der Waals surface area contributed by atoms with Gasteiger partial charge in [-0.25, -0.2) is 8.42 Å². The predicted octanol–water partition coefficient (Wildman–Crippen LogP) is 1.82. The number of benzene rings is 1. The number of para-hydroxylation sites is 1. The molecule has 1 aliphatic heterocycles. The third kappa shape index (κ3) is 3.88. The van der Waals surface area contributed by atoms with E-state index in [4.69, 9.17) is 0 Å². The Morgan fingerprint density at radius 2 is 1.92 bits per heavy atom. The van der Waals surface area contributed by atoms with Gasteiger partial charge in [-0.3, -0.25) is 9.78 Å². The molecule has 0 N–H and O–H groups in total. The maximum absolute atomic E-state index is 12.9. The van der Waals surface area contributed by atoms with Crippen molar-refractivity contribution in [3.8, 4) is 0 Å². The summed E-state index contributed by atoms with van der Waals surface area (Å²) >= 11 is 0. The van der Waals surface area contributed by atoms with Crippen LogP contribution in [-0.2, 0) is 27.8 Å². The topological polar surface area (TPSA) is 70.6 Å². The first-order chi connectivity index (χ1) is 11.9. The van der Waals surface area contributed by atoms with Crippen molar-refractivity contribution in [3.05, 3.63) is 59.9 Å². The van der Waals surface area contributed by atoms with Crippen LogP contribution in [0, 0.1) is 0 Å². The number of aromatic nitrogens is 1. The zero-order valence-electron chi connectivity index (χ0n) is 14.3. The van der Waals surface area contributed by atoms with Gasteiger partial charge in [0, 0.05) is 30.7 Å². The molecule has 132 valence electrons. The molecule has 0 radical (unpaired) electrons. The van der Waals surface area contributed by atoms with Crippen molar-refractivity contribution in [2.45, 2.75) is 25.9 Å². The Labute approximate surface area is 148 Å². The molecule has 1 unspecified atom stereocenters. The van der Waals surface area contributed by atoms with E-state index < -0.39 is 10.0 Å². The summed E-state index contributed by atoms with van der Waals surface area (Å²) in [6.45, 7) is 1.95. The highest BCUT2D eigenvalue weighted by Crippen LogP contribution is 2.32. The highest BCUT2D eigenvalue weighted by atomic mass is 32.2. The van der Waals surface area contributed by atoms with Gasteiger partial charge in [0.05, 0.1) is 12.8 Å². The fraction of sp³-hybridized carbons (Fsp3) is 0.333. The number of fused-ring (bicyclic) bond motifs is 1. The Bertz CT molecular complexity index is 868. The van der Waals surface area contributed by atoms with E-state index in [1.54, 1.807) is 29.4 Å². The van der Waals surface area contributed by atoms with Crippen LogP contribution in [-0.4, -0.2) is 42.5 Å². The SMILES string of the molecule is CC1Cc2ccccc2N1C(=O)CN(Cc1ccncc1)S(C)(=O)=O. The highest BCUT2D eigenvalue weighted by Gasteiger charge is 2.32. The summed E-state index contributed by atoms with van der Waals surface area (Å²) in [7, 11) is -3.52. The molecular formula is C18H21N3O3S. The molecule has 25 heavy (non-hydrogen) atoms. The van der Waals surface area contributed by atoms with Crippen LogP contribution in [0.15, 0.2) is 48.8 Å². The lowest BCUT2D eigenvalue weighted by atomic mass is 10.1. The average Bonchev–Trinajstić information content (AvgIpc) is 2.90. The Balaban J connectivity index is 1.81.